The monoisotopic (exact) mass is 277 g/mol. The SMILES string of the molecule is C=CCCC=C.[Pt]. The Morgan fingerprint density at radius 1 is 1.00 bits per heavy atom. The van der Waals surface area contributed by atoms with E-state index in [0.717, 1.165) is 12.8 Å². The molecule has 0 aliphatic rings. The quantitative estimate of drug-likeness (QED) is 0.547. The fourth-order valence-electron chi connectivity index (χ4n) is 0.236. The Hall–Kier alpha value is 0.168. The van der Waals surface area contributed by atoms with E-state index >= 15 is 0 Å². The molecule has 7 heavy (non-hydrogen) atoms. The van der Waals surface area contributed by atoms with Crippen molar-refractivity contribution >= 4 is 0 Å². The van der Waals surface area contributed by atoms with Gasteiger partial charge in [-0.05, 0) is 12.8 Å². The number of allylic oxidation sites excluding steroid dienone is 2. The van der Waals surface area contributed by atoms with Crippen molar-refractivity contribution in [3.05, 3.63) is 25.3 Å². The van der Waals surface area contributed by atoms with Crippen molar-refractivity contribution in [3.8, 4) is 0 Å². The van der Waals surface area contributed by atoms with E-state index < -0.39 is 0 Å². The zero-order valence-corrected chi connectivity index (χ0v) is 6.57. The summed E-state index contributed by atoms with van der Waals surface area (Å²) in [6, 6.07) is 0. The molecule has 0 unspecified atom stereocenters. The molecule has 0 aliphatic heterocycles. The van der Waals surface area contributed by atoms with Gasteiger partial charge in [-0.25, -0.2) is 0 Å². The smallest absolute Gasteiger partial charge is 0 e. The molecular formula is C6H10Pt. The molecule has 0 fully saturated rings. The standard InChI is InChI=1S/C6H10.Pt/c1-3-5-6-4-2;/h3-4H,1-2,5-6H2;. The van der Waals surface area contributed by atoms with Crippen LogP contribution < -0.4 is 0 Å². The molecule has 0 bridgehead atoms. The van der Waals surface area contributed by atoms with E-state index in [1.54, 1.807) is 0 Å². The van der Waals surface area contributed by atoms with E-state index in [0.29, 0.717) is 0 Å². The summed E-state index contributed by atoms with van der Waals surface area (Å²) in [5.41, 5.74) is 0. The van der Waals surface area contributed by atoms with Gasteiger partial charge in [0.25, 0.3) is 0 Å². The van der Waals surface area contributed by atoms with Crippen LogP contribution >= 0.6 is 0 Å². The third-order valence-electron chi connectivity index (χ3n) is 0.575. The van der Waals surface area contributed by atoms with Crippen LogP contribution in [-0.4, -0.2) is 0 Å². The van der Waals surface area contributed by atoms with Gasteiger partial charge in [0.05, 0.1) is 0 Å². The van der Waals surface area contributed by atoms with E-state index in [2.05, 4.69) is 13.2 Å². The molecule has 0 nitrogen and oxygen atoms in total. The number of rotatable bonds is 3. The number of hydrogen-bond donors (Lipinski definition) is 0. The van der Waals surface area contributed by atoms with Crippen LogP contribution in [0.25, 0.3) is 0 Å². The molecule has 0 aliphatic carbocycles. The predicted octanol–water partition coefficient (Wildman–Crippen LogP) is 2.14. The largest absolute Gasteiger partial charge is 0.103 e. The van der Waals surface area contributed by atoms with Gasteiger partial charge in [-0.15, -0.1) is 13.2 Å². The van der Waals surface area contributed by atoms with Crippen LogP contribution in [0.4, 0.5) is 0 Å². The second-order valence-corrected chi connectivity index (χ2v) is 1.15. The van der Waals surface area contributed by atoms with Crippen LogP contribution in [-0.2, 0) is 21.1 Å². The zero-order chi connectivity index (χ0) is 4.83. The molecule has 0 saturated carbocycles. The molecule has 0 radical (unpaired) electrons. The Morgan fingerprint density at radius 2 is 1.29 bits per heavy atom. The van der Waals surface area contributed by atoms with Crippen LogP contribution in [0.1, 0.15) is 12.8 Å². The minimum Gasteiger partial charge on any atom is -0.103 e. The molecule has 0 saturated heterocycles. The molecule has 44 valence electrons. The van der Waals surface area contributed by atoms with Crippen LogP contribution in [0.5, 0.6) is 0 Å². The van der Waals surface area contributed by atoms with Crippen molar-refractivity contribution < 1.29 is 21.1 Å². The summed E-state index contributed by atoms with van der Waals surface area (Å²) >= 11 is 0. The first kappa shape index (κ1) is 10.2. The first-order valence-corrected chi connectivity index (χ1v) is 2.13. The van der Waals surface area contributed by atoms with Crippen molar-refractivity contribution in [2.45, 2.75) is 12.8 Å². The van der Waals surface area contributed by atoms with Crippen LogP contribution in [0.3, 0.4) is 0 Å². The molecule has 0 N–H and O–H groups in total. The fraction of sp³-hybridized carbons (Fsp3) is 0.333. The molecule has 0 amide bonds. The first-order chi connectivity index (χ1) is 2.91. The molecule has 1 heteroatoms. The fourth-order valence-corrected chi connectivity index (χ4v) is 0.236. The average molecular weight is 277 g/mol. The van der Waals surface area contributed by atoms with Crippen molar-refractivity contribution in [1.82, 2.24) is 0 Å². The van der Waals surface area contributed by atoms with Gasteiger partial charge < -0.3 is 0 Å². The molecule has 0 heterocycles. The first-order valence-electron chi connectivity index (χ1n) is 2.13. The average Bonchev–Trinajstić information content (AvgIpc) is 1.61. The second kappa shape index (κ2) is 9.48. The van der Waals surface area contributed by atoms with E-state index in [1.165, 1.54) is 0 Å². The molecule has 0 rings (SSSR count). The van der Waals surface area contributed by atoms with Crippen molar-refractivity contribution in [1.29, 1.82) is 0 Å². The Kier molecular flexibility index (Phi) is 13.8. The topological polar surface area (TPSA) is 0 Å². The maximum absolute atomic E-state index is 3.55. The van der Waals surface area contributed by atoms with E-state index in [1.807, 2.05) is 12.2 Å². The number of hydrogen-bond acceptors (Lipinski definition) is 0. The summed E-state index contributed by atoms with van der Waals surface area (Å²) in [6.45, 7) is 7.10. The Balaban J connectivity index is 0. The van der Waals surface area contributed by atoms with Gasteiger partial charge in [0.2, 0.25) is 0 Å². The maximum atomic E-state index is 3.55. The van der Waals surface area contributed by atoms with Crippen molar-refractivity contribution in [3.63, 3.8) is 0 Å². The molecule has 0 aromatic rings. The van der Waals surface area contributed by atoms with Crippen molar-refractivity contribution in [2.24, 2.45) is 0 Å². The summed E-state index contributed by atoms with van der Waals surface area (Å²) in [5, 5.41) is 0. The van der Waals surface area contributed by atoms with Gasteiger partial charge in [-0.2, -0.15) is 0 Å². The second-order valence-electron chi connectivity index (χ2n) is 1.15. The third-order valence-corrected chi connectivity index (χ3v) is 0.575. The summed E-state index contributed by atoms with van der Waals surface area (Å²) < 4.78 is 0. The third kappa shape index (κ3) is 10.7. The number of unbranched alkanes of at least 4 members (excludes halogenated alkanes) is 1. The molecular weight excluding hydrogens is 267 g/mol. The van der Waals surface area contributed by atoms with Gasteiger partial charge in [-0.3, -0.25) is 0 Å². The minimum absolute atomic E-state index is 0. The molecule has 0 aromatic carbocycles. The zero-order valence-electron chi connectivity index (χ0n) is 4.30. The van der Waals surface area contributed by atoms with E-state index in [-0.39, 0.29) is 21.1 Å². The minimum atomic E-state index is 0. The Morgan fingerprint density at radius 3 is 1.43 bits per heavy atom. The summed E-state index contributed by atoms with van der Waals surface area (Å²) in [4.78, 5) is 0. The van der Waals surface area contributed by atoms with Crippen molar-refractivity contribution in [2.75, 3.05) is 0 Å². The van der Waals surface area contributed by atoms with Gasteiger partial charge in [0, 0.05) is 21.1 Å². The summed E-state index contributed by atoms with van der Waals surface area (Å²) in [5.74, 6) is 0. The molecule has 0 atom stereocenters. The summed E-state index contributed by atoms with van der Waals surface area (Å²) in [6.07, 6.45) is 5.90. The van der Waals surface area contributed by atoms with Gasteiger partial charge in [0.15, 0.2) is 0 Å². The molecule has 0 spiro atoms. The Labute approximate surface area is 59.6 Å². The van der Waals surface area contributed by atoms with Gasteiger partial charge >= 0.3 is 0 Å². The van der Waals surface area contributed by atoms with Crippen LogP contribution in [0.2, 0.25) is 0 Å². The van der Waals surface area contributed by atoms with Crippen LogP contribution in [0.15, 0.2) is 25.3 Å². The van der Waals surface area contributed by atoms with E-state index in [9.17, 15) is 0 Å². The van der Waals surface area contributed by atoms with E-state index in [4.69, 9.17) is 0 Å². The maximum Gasteiger partial charge on any atom is 0 e. The summed E-state index contributed by atoms with van der Waals surface area (Å²) in [7, 11) is 0. The van der Waals surface area contributed by atoms with Crippen LogP contribution in [0, 0.1) is 0 Å². The normalized spacial score (nSPS) is 6.29. The predicted molar refractivity (Wildman–Crippen MR) is 29.6 cm³/mol. The Bertz CT molecular complexity index is 40.1. The molecule has 0 aromatic heterocycles. The van der Waals surface area contributed by atoms with Gasteiger partial charge in [-0.1, -0.05) is 12.2 Å². The van der Waals surface area contributed by atoms with Gasteiger partial charge in [0.1, 0.15) is 0 Å².